The predicted molar refractivity (Wildman–Crippen MR) is 75.0 cm³/mol. The van der Waals surface area contributed by atoms with Gasteiger partial charge < -0.3 is 5.32 Å². The summed E-state index contributed by atoms with van der Waals surface area (Å²) in [5.74, 6) is 0. The zero-order valence-corrected chi connectivity index (χ0v) is 11.2. The van der Waals surface area contributed by atoms with Gasteiger partial charge in [0.2, 0.25) is 0 Å². The normalized spacial score (nSPS) is 10.8. The van der Waals surface area contributed by atoms with E-state index in [1.807, 2.05) is 20.0 Å². The molecule has 0 saturated carbocycles. The highest BCUT2D eigenvalue weighted by Crippen LogP contribution is 2.30. The number of hydrogen-bond acceptors (Lipinski definition) is 2. The Kier molecular flexibility index (Phi) is 3.53. The first-order valence-corrected chi connectivity index (χ1v) is 6.31. The number of hydrogen-bond donors (Lipinski definition) is 1. The van der Waals surface area contributed by atoms with Gasteiger partial charge in [-0.2, -0.15) is 0 Å². The van der Waals surface area contributed by atoms with Crippen LogP contribution in [-0.4, -0.2) is 12.0 Å². The largest absolute Gasteiger partial charge is 0.388 e. The molecule has 0 saturated heterocycles. The van der Waals surface area contributed by atoms with E-state index in [0.717, 1.165) is 45.7 Å². The summed E-state index contributed by atoms with van der Waals surface area (Å²) in [6.07, 6.45) is 2.07. The number of rotatable bonds is 3. The fraction of sp³-hybridized carbons (Fsp3) is 0.357. The van der Waals surface area contributed by atoms with Gasteiger partial charge in [0.1, 0.15) is 0 Å². The molecule has 0 fully saturated rings. The van der Waals surface area contributed by atoms with Gasteiger partial charge in [-0.1, -0.05) is 24.9 Å². The third kappa shape index (κ3) is 2.37. The molecule has 0 radical (unpaired) electrons. The van der Waals surface area contributed by atoms with Crippen LogP contribution in [0.1, 0.15) is 24.6 Å². The van der Waals surface area contributed by atoms with E-state index in [4.69, 9.17) is 11.6 Å². The topological polar surface area (TPSA) is 24.9 Å². The van der Waals surface area contributed by atoms with Gasteiger partial charge in [0.25, 0.3) is 0 Å². The summed E-state index contributed by atoms with van der Waals surface area (Å²) in [4.78, 5) is 4.64. The highest BCUT2D eigenvalue weighted by Gasteiger charge is 2.08. The van der Waals surface area contributed by atoms with E-state index in [1.54, 1.807) is 0 Å². The van der Waals surface area contributed by atoms with Crippen molar-refractivity contribution >= 4 is 28.2 Å². The lowest BCUT2D eigenvalue weighted by Crippen LogP contribution is -1.97. The number of aromatic nitrogens is 1. The number of pyridine rings is 1. The molecular weight excluding hydrogens is 232 g/mol. The van der Waals surface area contributed by atoms with Gasteiger partial charge in [0.05, 0.1) is 10.5 Å². The third-order valence-corrected chi connectivity index (χ3v) is 3.13. The smallest absolute Gasteiger partial charge is 0.0912 e. The minimum Gasteiger partial charge on any atom is -0.388 e. The van der Waals surface area contributed by atoms with Crippen molar-refractivity contribution in [1.82, 2.24) is 4.98 Å². The average Bonchev–Trinajstić information content (AvgIpc) is 2.29. The van der Waals surface area contributed by atoms with E-state index in [9.17, 15) is 0 Å². The second-order valence-corrected chi connectivity index (χ2v) is 4.71. The van der Waals surface area contributed by atoms with Gasteiger partial charge in [0.15, 0.2) is 0 Å². The monoisotopic (exact) mass is 248 g/mol. The maximum atomic E-state index is 6.27. The molecule has 0 aliphatic carbocycles. The highest BCUT2D eigenvalue weighted by atomic mass is 35.5. The van der Waals surface area contributed by atoms with E-state index < -0.39 is 0 Å². The lowest BCUT2D eigenvalue weighted by molar-refractivity contribution is 0.890. The minimum atomic E-state index is 0.731. The number of nitrogens with one attached hydrogen (secondary N) is 1. The number of aryl methyl sites for hydroxylation is 2. The van der Waals surface area contributed by atoms with Crippen LogP contribution in [0.4, 0.5) is 5.69 Å². The molecule has 0 unspecified atom stereocenters. The lowest BCUT2D eigenvalue weighted by Gasteiger charge is -2.10. The second kappa shape index (κ2) is 4.92. The molecule has 0 spiro atoms. The van der Waals surface area contributed by atoms with Crippen LogP contribution in [0.25, 0.3) is 10.9 Å². The molecule has 0 bridgehead atoms. The Morgan fingerprint density at radius 1 is 1.29 bits per heavy atom. The van der Waals surface area contributed by atoms with Gasteiger partial charge in [-0.05, 0) is 37.1 Å². The van der Waals surface area contributed by atoms with Crippen LogP contribution in [0.2, 0.25) is 5.02 Å². The molecule has 17 heavy (non-hydrogen) atoms. The Bertz CT molecular complexity index is 549. The van der Waals surface area contributed by atoms with Crippen LogP contribution in [0, 0.1) is 6.92 Å². The number of benzene rings is 1. The van der Waals surface area contributed by atoms with Crippen LogP contribution < -0.4 is 5.32 Å². The Balaban J connectivity index is 2.73. The van der Waals surface area contributed by atoms with Crippen LogP contribution >= 0.6 is 11.6 Å². The Labute approximate surface area is 107 Å². The minimum absolute atomic E-state index is 0.731. The highest BCUT2D eigenvalue weighted by molar-refractivity contribution is 6.35. The van der Waals surface area contributed by atoms with Crippen molar-refractivity contribution in [2.45, 2.75) is 26.7 Å². The summed E-state index contributed by atoms with van der Waals surface area (Å²) < 4.78 is 0. The molecule has 2 aromatic rings. The molecule has 2 rings (SSSR count). The zero-order valence-electron chi connectivity index (χ0n) is 10.5. The molecule has 1 heterocycles. The first kappa shape index (κ1) is 12.2. The number of fused-ring (bicyclic) bond motifs is 1. The van der Waals surface area contributed by atoms with Crippen molar-refractivity contribution in [3.05, 3.63) is 34.5 Å². The third-order valence-electron chi connectivity index (χ3n) is 2.84. The van der Waals surface area contributed by atoms with E-state index in [2.05, 4.69) is 29.4 Å². The van der Waals surface area contributed by atoms with Gasteiger partial charge in [-0.25, -0.2) is 0 Å². The van der Waals surface area contributed by atoms with Crippen LogP contribution in [0.3, 0.4) is 0 Å². The Morgan fingerprint density at radius 2 is 2.06 bits per heavy atom. The van der Waals surface area contributed by atoms with Gasteiger partial charge in [0, 0.05) is 23.8 Å². The summed E-state index contributed by atoms with van der Waals surface area (Å²) in [5, 5.41) is 5.05. The van der Waals surface area contributed by atoms with E-state index in [1.165, 1.54) is 0 Å². The van der Waals surface area contributed by atoms with E-state index in [-0.39, 0.29) is 0 Å². The van der Waals surface area contributed by atoms with Crippen molar-refractivity contribution in [2.75, 3.05) is 12.4 Å². The summed E-state index contributed by atoms with van der Waals surface area (Å²) in [7, 11) is 1.93. The fourth-order valence-electron chi connectivity index (χ4n) is 2.06. The second-order valence-electron chi connectivity index (χ2n) is 4.30. The molecule has 90 valence electrons. The molecule has 0 aliphatic rings. The van der Waals surface area contributed by atoms with Gasteiger partial charge in [-0.15, -0.1) is 0 Å². The van der Waals surface area contributed by atoms with Crippen LogP contribution in [-0.2, 0) is 6.42 Å². The molecule has 2 nitrogen and oxygen atoms in total. The SMILES string of the molecule is CCCc1cc(NC)c2cc(C)cc(Cl)c2n1. The Hall–Kier alpha value is -1.28. The molecule has 1 aromatic heterocycles. The quantitative estimate of drug-likeness (QED) is 0.881. The van der Waals surface area contributed by atoms with Crippen molar-refractivity contribution in [2.24, 2.45) is 0 Å². The summed E-state index contributed by atoms with van der Waals surface area (Å²) in [6, 6.07) is 6.20. The van der Waals surface area contributed by atoms with E-state index in [0.29, 0.717) is 0 Å². The number of nitrogens with zero attached hydrogens (tertiary/aromatic N) is 1. The van der Waals surface area contributed by atoms with Crippen molar-refractivity contribution < 1.29 is 0 Å². The molecule has 0 amide bonds. The van der Waals surface area contributed by atoms with Crippen LogP contribution in [0.5, 0.6) is 0 Å². The van der Waals surface area contributed by atoms with Crippen LogP contribution in [0.15, 0.2) is 18.2 Å². The first-order chi connectivity index (χ1) is 8.15. The average molecular weight is 249 g/mol. The predicted octanol–water partition coefficient (Wildman–Crippen LogP) is 4.19. The molecule has 3 heteroatoms. The summed E-state index contributed by atoms with van der Waals surface area (Å²) >= 11 is 6.27. The van der Waals surface area contributed by atoms with E-state index >= 15 is 0 Å². The zero-order chi connectivity index (χ0) is 12.4. The molecule has 1 N–H and O–H groups in total. The Morgan fingerprint density at radius 3 is 2.71 bits per heavy atom. The summed E-state index contributed by atoms with van der Waals surface area (Å²) in [5.41, 5.74) is 4.25. The fourth-order valence-corrected chi connectivity index (χ4v) is 2.38. The molecule has 0 atom stereocenters. The molecular formula is C14H17ClN2. The standard InChI is InChI=1S/C14H17ClN2/c1-4-5-10-8-13(16-3)11-6-9(2)7-12(15)14(11)17-10/h6-8H,4-5H2,1-3H3,(H,16,17). The molecule has 1 aromatic carbocycles. The molecule has 0 aliphatic heterocycles. The number of halogens is 1. The van der Waals surface area contributed by atoms with Crippen molar-refractivity contribution in [1.29, 1.82) is 0 Å². The lowest BCUT2D eigenvalue weighted by atomic mass is 10.1. The van der Waals surface area contributed by atoms with Crippen molar-refractivity contribution in [3.8, 4) is 0 Å². The summed E-state index contributed by atoms with van der Waals surface area (Å²) in [6.45, 7) is 4.20. The maximum Gasteiger partial charge on any atom is 0.0912 e. The van der Waals surface area contributed by atoms with Gasteiger partial charge >= 0.3 is 0 Å². The number of anilines is 1. The first-order valence-electron chi connectivity index (χ1n) is 5.93. The van der Waals surface area contributed by atoms with Crippen molar-refractivity contribution in [3.63, 3.8) is 0 Å². The maximum absolute atomic E-state index is 6.27. The van der Waals surface area contributed by atoms with Gasteiger partial charge in [-0.3, -0.25) is 4.98 Å².